The van der Waals surface area contributed by atoms with Gasteiger partial charge in [0.1, 0.15) is 5.75 Å². The SMILES string of the molecule is O=c1ncccn1C1CCN(CC2COc3ccccc3C2)C1. The number of likely N-dealkylation sites (tertiary alicyclic amines) is 1. The molecule has 0 spiro atoms. The third kappa shape index (κ3) is 3.01. The summed E-state index contributed by atoms with van der Waals surface area (Å²) in [5, 5.41) is 0. The smallest absolute Gasteiger partial charge is 0.347 e. The van der Waals surface area contributed by atoms with E-state index in [0.717, 1.165) is 44.8 Å². The van der Waals surface area contributed by atoms with Crippen LogP contribution in [0.3, 0.4) is 0 Å². The van der Waals surface area contributed by atoms with Crippen LogP contribution < -0.4 is 10.4 Å². The van der Waals surface area contributed by atoms with E-state index in [9.17, 15) is 4.79 Å². The highest BCUT2D eigenvalue weighted by molar-refractivity contribution is 5.35. The van der Waals surface area contributed by atoms with Crippen molar-refractivity contribution in [3.05, 3.63) is 58.8 Å². The fraction of sp³-hybridized carbons (Fsp3) is 0.444. The number of fused-ring (bicyclic) bond motifs is 1. The average Bonchev–Trinajstić information content (AvgIpc) is 3.03. The minimum absolute atomic E-state index is 0.144. The van der Waals surface area contributed by atoms with E-state index in [2.05, 4.69) is 22.0 Å². The molecule has 1 aromatic heterocycles. The first-order valence-electron chi connectivity index (χ1n) is 8.26. The minimum atomic E-state index is -0.144. The first kappa shape index (κ1) is 14.5. The van der Waals surface area contributed by atoms with Gasteiger partial charge in [-0.05, 0) is 30.5 Å². The van der Waals surface area contributed by atoms with Gasteiger partial charge in [0.15, 0.2) is 0 Å². The van der Waals surface area contributed by atoms with E-state index >= 15 is 0 Å². The normalized spacial score (nSPS) is 24.2. The number of rotatable bonds is 3. The van der Waals surface area contributed by atoms with Crippen LogP contribution in [0.25, 0.3) is 0 Å². The van der Waals surface area contributed by atoms with Gasteiger partial charge in [-0.15, -0.1) is 0 Å². The second kappa shape index (κ2) is 6.16. The lowest BCUT2D eigenvalue weighted by atomic mass is 9.96. The van der Waals surface area contributed by atoms with Gasteiger partial charge in [-0.3, -0.25) is 4.57 Å². The summed E-state index contributed by atoms with van der Waals surface area (Å²) >= 11 is 0. The van der Waals surface area contributed by atoms with Crippen LogP contribution in [-0.4, -0.2) is 40.7 Å². The van der Waals surface area contributed by atoms with Crippen molar-refractivity contribution in [2.24, 2.45) is 5.92 Å². The molecular formula is C18H21N3O2. The van der Waals surface area contributed by atoms with Crippen molar-refractivity contribution in [1.82, 2.24) is 14.5 Å². The van der Waals surface area contributed by atoms with Gasteiger partial charge in [-0.25, -0.2) is 9.78 Å². The molecule has 0 amide bonds. The Hall–Kier alpha value is -2.14. The summed E-state index contributed by atoms with van der Waals surface area (Å²) in [6, 6.07) is 10.4. The number of para-hydroxylation sites is 1. The average molecular weight is 311 g/mol. The van der Waals surface area contributed by atoms with E-state index < -0.39 is 0 Å². The number of hydrogen-bond acceptors (Lipinski definition) is 4. The molecule has 23 heavy (non-hydrogen) atoms. The third-order valence-corrected chi connectivity index (χ3v) is 4.85. The molecule has 3 heterocycles. The third-order valence-electron chi connectivity index (χ3n) is 4.85. The van der Waals surface area contributed by atoms with E-state index in [-0.39, 0.29) is 11.7 Å². The maximum Gasteiger partial charge on any atom is 0.347 e. The van der Waals surface area contributed by atoms with E-state index in [4.69, 9.17) is 4.74 Å². The summed E-state index contributed by atoms with van der Waals surface area (Å²) in [7, 11) is 0. The molecule has 1 saturated heterocycles. The van der Waals surface area contributed by atoms with Crippen LogP contribution >= 0.6 is 0 Å². The second-order valence-corrected chi connectivity index (χ2v) is 6.50. The monoisotopic (exact) mass is 311 g/mol. The van der Waals surface area contributed by atoms with Crippen molar-refractivity contribution in [2.45, 2.75) is 18.9 Å². The van der Waals surface area contributed by atoms with E-state index in [0.29, 0.717) is 5.92 Å². The summed E-state index contributed by atoms with van der Waals surface area (Å²) in [6.07, 6.45) is 5.49. The lowest BCUT2D eigenvalue weighted by Crippen LogP contribution is -2.35. The van der Waals surface area contributed by atoms with Crippen LogP contribution in [0.5, 0.6) is 5.75 Å². The molecule has 120 valence electrons. The highest BCUT2D eigenvalue weighted by Crippen LogP contribution is 2.28. The molecule has 5 nitrogen and oxygen atoms in total. The Balaban J connectivity index is 1.38. The Labute approximate surface area is 135 Å². The van der Waals surface area contributed by atoms with Crippen LogP contribution in [0, 0.1) is 5.92 Å². The molecule has 1 fully saturated rings. The fourth-order valence-corrected chi connectivity index (χ4v) is 3.72. The van der Waals surface area contributed by atoms with Crippen molar-refractivity contribution in [3.63, 3.8) is 0 Å². The first-order chi connectivity index (χ1) is 11.3. The fourth-order valence-electron chi connectivity index (χ4n) is 3.72. The lowest BCUT2D eigenvalue weighted by Gasteiger charge is -2.28. The second-order valence-electron chi connectivity index (χ2n) is 6.50. The Morgan fingerprint density at radius 1 is 1.26 bits per heavy atom. The molecule has 2 atom stereocenters. The molecule has 1 aromatic carbocycles. The van der Waals surface area contributed by atoms with Crippen LogP contribution in [0.4, 0.5) is 0 Å². The molecule has 0 radical (unpaired) electrons. The van der Waals surface area contributed by atoms with Gasteiger partial charge >= 0.3 is 5.69 Å². The summed E-state index contributed by atoms with van der Waals surface area (Å²) in [5.41, 5.74) is 1.16. The minimum Gasteiger partial charge on any atom is -0.493 e. The predicted molar refractivity (Wildman–Crippen MR) is 87.7 cm³/mol. The van der Waals surface area contributed by atoms with Crippen molar-refractivity contribution < 1.29 is 4.74 Å². The summed E-state index contributed by atoms with van der Waals surface area (Å²) in [6.45, 7) is 3.76. The maximum atomic E-state index is 11.9. The van der Waals surface area contributed by atoms with E-state index in [1.165, 1.54) is 5.56 Å². The van der Waals surface area contributed by atoms with Gasteiger partial charge in [0.25, 0.3) is 0 Å². The molecule has 2 aromatic rings. The molecule has 0 saturated carbocycles. The molecule has 2 aliphatic rings. The highest BCUT2D eigenvalue weighted by atomic mass is 16.5. The molecule has 2 aliphatic heterocycles. The standard InChI is InChI=1S/C18H21N3O2/c22-18-19-7-3-8-21(18)16-6-9-20(12-16)11-14-10-15-4-1-2-5-17(15)23-13-14/h1-5,7-8,14,16H,6,9-13H2. The Morgan fingerprint density at radius 2 is 2.17 bits per heavy atom. The van der Waals surface area contributed by atoms with Gasteiger partial charge in [0.05, 0.1) is 12.6 Å². The highest BCUT2D eigenvalue weighted by Gasteiger charge is 2.28. The Kier molecular flexibility index (Phi) is 3.87. The van der Waals surface area contributed by atoms with Crippen LogP contribution in [0.2, 0.25) is 0 Å². The van der Waals surface area contributed by atoms with Gasteiger partial charge in [0, 0.05) is 37.9 Å². The number of benzene rings is 1. The van der Waals surface area contributed by atoms with Crippen molar-refractivity contribution in [1.29, 1.82) is 0 Å². The largest absolute Gasteiger partial charge is 0.493 e. The van der Waals surface area contributed by atoms with Crippen molar-refractivity contribution in [3.8, 4) is 5.75 Å². The zero-order chi connectivity index (χ0) is 15.6. The zero-order valence-electron chi connectivity index (χ0n) is 13.1. The molecule has 0 N–H and O–H groups in total. The quantitative estimate of drug-likeness (QED) is 0.866. The lowest BCUT2D eigenvalue weighted by molar-refractivity contribution is 0.173. The summed E-state index contributed by atoms with van der Waals surface area (Å²) in [4.78, 5) is 18.2. The van der Waals surface area contributed by atoms with Gasteiger partial charge < -0.3 is 9.64 Å². The molecule has 4 rings (SSSR count). The number of nitrogens with zero attached hydrogens (tertiary/aromatic N) is 3. The summed E-state index contributed by atoms with van der Waals surface area (Å²) < 4.78 is 7.66. The molecule has 0 bridgehead atoms. The number of aromatic nitrogens is 2. The van der Waals surface area contributed by atoms with E-state index in [1.54, 1.807) is 10.8 Å². The van der Waals surface area contributed by atoms with E-state index in [1.807, 2.05) is 24.4 Å². The number of hydrogen-bond donors (Lipinski definition) is 0. The molecule has 2 unspecified atom stereocenters. The predicted octanol–water partition coefficient (Wildman–Crippen LogP) is 1.74. The van der Waals surface area contributed by atoms with Gasteiger partial charge in [-0.2, -0.15) is 0 Å². The zero-order valence-corrected chi connectivity index (χ0v) is 13.1. The molecule has 0 aliphatic carbocycles. The maximum absolute atomic E-state index is 11.9. The van der Waals surface area contributed by atoms with Crippen LogP contribution in [0.1, 0.15) is 18.0 Å². The topological polar surface area (TPSA) is 47.4 Å². The molecule has 5 heteroatoms. The Morgan fingerprint density at radius 3 is 3.09 bits per heavy atom. The Bertz CT molecular complexity index is 743. The van der Waals surface area contributed by atoms with Crippen molar-refractivity contribution >= 4 is 0 Å². The molecular weight excluding hydrogens is 290 g/mol. The number of ether oxygens (including phenoxy) is 1. The van der Waals surface area contributed by atoms with Crippen LogP contribution in [0.15, 0.2) is 47.5 Å². The van der Waals surface area contributed by atoms with Crippen LogP contribution in [-0.2, 0) is 6.42 Å². The summed E-state index contributed by atoms with van der Waals surface area (Å²) in [5.74, 6) is 1.55. The van der Waals surface area contributed by atoms with Gasteiger partial charge in [-0.1, -0.05) is 18.2 Å². The first-order valence-corrected chi connectivity index (χ1v) is 8.26. The van der Waals surface area contributed by atoms with Crippen molar-refractivity contribution in [2.75, 3.05) is 26.2 Å². The van der Waals surface area contributed by atoms with Gasteiger partial charge in [0.2, 0.25) is 0 Å².